The van der Waals surface area contributed by atoms with E-state index in [2.05, 4.69) is 9.71 Å². The van der Waals surface area contributed by atoms with Crippen LogP contribution in [-0.4, -0.2) is 13.4 Å². The Labute approximate surface area is 123 Å². The number of hydrogen-bond acceptors (Lipinski definition) is 3. The smallest absolute Gasteiger partial charge is 0.236 e. The minimum Gasteiger partial charge on any atom is -0.283 e. The van der Waals surface area contributed by atoms with Crippen molar-refractivity contribution in [1.82, 2.24) is 4.98 Å². The summed E-state index contributed by atoms with van der Waals surface area (Å²) >= 11 is 0. The number of anilines is 1. The van der Waals surface area contributed by atoms with Crippen LogP contribution in [0.3, 0.4) is 0 Å². The third-order valence-electron chi connectivity index (χ3n) is 3.08. The Bertz CT molecular complexity index is 862. The first-order valence-electron chi connectivity index (χ1n) is 6.52. The molecule has 0 unspecified atom stereocenters. The van der Waals surface area contributed by atoms with E-state index in [-0.39, 0.29) is 5.75 Å². The Hall–Kier alpha value is -2.40. The molecule has 0 spiro atoms. The van der Waals surface area contributed by atoms with Gasteiger partial charge in [0.15, 0.2) is 0 Å². The average Bonchev–Trinajstić information content (AvgIpc) is 2.47. The molecule has 1 heterocycles. The molecular formula is C16H14N2O2S. The van der Waals surface area contributed by atoms with Crippen LogP contribution in [0.1, 0.15) is 5.56 Å². The summed E-state index contributed by atoms with van der Waals surface area (Å²) in [6, 6.07) is 18.1. The molecule has 106 valence electrons. The largest absolute Gasteiger partial charge is 0.283 e. The topological polar surface area (TPSA) is 59.1 Å². The number of fused-ring (bicyclic) bond motifs is 1. The maximum Gasteiger partial charge on any atom is 0.236 e. The van der Waals surface area contributed by atoms with E-state index in [0.717, 1.165) is 16.5 Å². The molecule has 0 atom stereocenters. The van der Waals surface area contributed by atoms with Crippen LogP contribution in [0.2, 0.25) is 0 Å². The lowest BCUT2D eigenvalue weighted by Gasteiger charge is -2.09. The number of sulfonamides is 1. The number of benzene rings is 2. The molecule has 1 aromatic heterocycles. The van der Waals surface area contributed by atoms with E-state index >= 15 is 0 Å². The first kappa shape index (κ1) is 13.6. The van der Waals surface area contributed by atoms with Gasteiger partial charge >= 0.3 is 0 Å². The van der Waals surface area contributed by atoms with E-state index in [1.165, 1.54) is 0 Å². The van der Waals surface area contributed by atoms with Crippen LogP contribution in [-0.2, 0) is 15.8 Å². The first-order chi connectivity index (χ1) is 10.1. The fraction of sp³-hybridized carbons (Fsp3) is 0.0625. The normalized spacial score (nSPS) is 11.4. The third kappa shape index (κ3) is 3.38. The van der Waals surface area contributed by atoms with Gasteiger partial charge in [0.25, 0.3) is 0 Å². The molecule has 0 amide bonds. The third-order valence-corrected chi connectivity index (χ3v) is 4.34. The molecule has 0 bridgehead atoms. The number of pyridine rings is 1. The van der Waals surface area contributed by atoms with Gasteiger partial charge < -0.3 is 0 Å². The molecule has 3 aromatic rings. The summed E-state index contributed by atoms with van der Waals surface area (Å²) in [7, 11) is -3.43. The predicted octanol–water partition coefficient (Wildman–Crippen LogP) is 3.18. The molecule has 21 heavy (non-hydrogen) atoms. The zero-order valence-corrected chi connectivity index (χ0v) is 12.0. The van der Waals surface area contributed by atoms with Gasteiger partial charge in [0.05, 0.1) is 11.3 Å². The quantitative estimate of drug-likeness (QED) is 0.805. The van der Waals surface area contributed by atoms with Crippen molar-refractivity contribution in [3.05, 3.63) is 72.4 Å². The maximum absolute atomic E-state index is 12.2. The molecule has 5 heteroatoms. The SMILES string of the molecule is O=S(=O)(Cc1ccccc1)Nc1ccc2ncccc2c1. The molecule has 3 rings (SSSR count). The molecule has 4 nitrogen and oxygen atoms in total. The maximum atomic E-state index is 12.2. The molecule has 0 aliphatic rings. The number of rotatable bonds is 4. The van der Waals surface area contributed by atoms with Crippen molar-refractivity contribution in [1.29, 1.82) is 0 Å². The van der Waals surface area contributed by atoms with E-state index in [0.29, 0.717) is 5.69 Å². The minimum absolute atomic E-state index is 0.0427. The standard InChI is InChI=1S/C16H14N2O2S/c19-21(20,12-13-5-2-1-3-6-13)18-15-8-9-16-14(11-15)7-4-10-17-16/h1-11,18H,12H2. The molecule has 2 aromatic carbocycles. The molecule has 0 aliphatic carbocycles. The van der Waals surface area contributed by atoms with Crippen molar-refractivity contribution in [2.24, 2.45) is 0 Å². The van der Waals surface area contributed by atoms with Gasteiger partial charge in [-0.05, 0) is 29.8 Å². The molecule has 0 aliphatic heterocycles. The number of nitrogens with zero attached hydrogens (tertiary/aromatic N) is 1. The lowest BCUT2D eigenvalue weighted by atomic mass is 10.2. The van der Waals surface area contributed by atoms with E-state index in [9.17, 15) is 8.42 Å². The molecule has 0 saturated heterocycles. The predicted molar refractivity (Wildman–Crippen MR) is 84.4 cm³/mol. The van der Waals surface area contributed by atoms with Crippen molar-refractivity contribution in [2.45, 2.75) is 5.75 Å². The number of nitrogens with one attached hydrogen (secondary N) is 1. The summed E-state index contributed by atoms with van der Waals surface area (Å²) < 4.78 is 27.0. The van der Waals surface area contributed by atoms with E-state index in [1.807, 2.05) is 30.3 Å². The molecule has 1 N–H and O–H groups in total. The highest BCUT2D eigenvalue weighted by Crippen LogP contribution is 2.19. The molecular weight excluding hydrogens is 284 g/mol. The van der Waals surface area contributed by atoms with Crippen molar-refractivity contribution >= 4 is 26.6 Å². The lowest BCUT2D eigenvalue weighted by Crippen LogP contribution is -2.14. The Balaban J connectivity index is 1.83. The highest BCUT2D eigenvalue weighted by molar-refractivity contribution is 7.91. The Morgan fingerprint density at radius 1 is 0.952 bits per heavy atom. The number of hydrogen-bond donors (Lipinski definition) is 1. The minimum atomic E-state index is -3.43. The van der Waals surface area contributed by atoms with Gasteiger partial charge in [-0.25, -0.2) is 8.42 Å². The summed E-state index contributed by atoms with van der Waals surface area (Å²) in [6.07, 6.45) is 1.71. The molecule has 0 radical (unpaired) electrons. The van der Waals surface area contributed by atoms with Crippen LogP contribution in [0.5, 0.6) is 0 Å². The second-order valence-electron chi connectivity index (χ2n) is 4.76. The fourth-order valence-corrected chi connectivity index (χ4v) is 3.34. The average molecular weight is 298 g/mol. The van der Waals surface area contributed by atoms with Crippen molar-refractivity contribution in [3.8, 4) is 0 Å². The molecule has 0 saturated carbocycles. The van der Waals surface area contributed by atoms with Gasteiger partial charge in [-0.2, -0.15) is 0 Å². The van der Waals surface area contributed by atoms with Crippen LogP contribution in [0, 0.1) is 0 Å². The van der Waals surface area contributed by atoms with Gasteiger partial charge in [0, 0.05) is 17.3 Å². The van der Waals surface area contributed by atoms with Gasteiger partial charge in [-0.3, -0.25) is 9.71 Å². The summed E-state index contributed by atoms with van der Waals surface area (Å²) in [6.45, 7) is 0. The Morgan fingerprint density at radius 3 is 2.57 bits per heavy atom. The van der Waals surface area contributed by atoms with Gasteiger partial charge in [-0.15, -0.1) is 0 Å². The Kier molecular flexibility index (Phi) is 3.58. The van der Waals surface area contributed by atoms with Crippen LogP contribution in [0.15, 0.2) is 66.9 Å². The number of aromatic nitrogens is 1. The van der Waals surface area contributed by atoms with E-state index in [1.54, 1.807) is 36.5 Å². The van der Waals surface area contributed by atoms with Crippen LogP contribution in [0.4, 0.5) is 5.69 Å². The van der Waals surface area contributed by atoms with Gasteiger partial charge in [0.2, 0.25) is 10.0 Å². The second kappa shape index (κ2) is 5.54. The fourth-order valence-electron chi connectivity index (χ4n) is 2.15. The van der Waals surface area contributed by atoms with Crippen LogP contribution in [0.25, 0.3) is 10.9 Å². The highest BCUT2D eigenvalue weighted by Gasteiger charge is 2.11. The highest BCUT2D eigenvalue weighted by atomic mass is 32.2. The molecule has 0 fully saturated rings. The summed E-state index contributed by atoms with van der Waals surface area (Å²) in [5.41, 5.74) is 2.14. The van der Waals surface area contributed by atoms with Crippen molar-refractivity contribution in [2.75, 3.05) is 4.72 Å². The zero-order valence-electron chi connectivity index (χ0n) is 11.2. The second-order valence-corrected chi connectivity index (χ2v) is 6.48. The summed E-state index contributed by atoms with van der Waals surface area (Å²) in [4.78, 5) is 4.21. The zero-order chi connectivity index (χ0) is 14.7. The van der Waals surface area contributed by atoms with Crippen LogP contribution < -0.4 is 4.72 Å². The lowest BCUT2D eigenvalue weighted by molar-refractivity contribution is 0.600. The van der Waals surface area contributed by atoms with Crippen LogP contribution >= 0.6 is 0 Å². The van der Waals surface area contributed by atoms with Crippen molar-refractivity contribution in [3.63, 3.8) is 0 Å². The van der Waals surface area contributed by atoms with E-state index < -0.39 is 10.0 Å². The summed E-state index contributed by atoms with van der Waals surface area (Å²) in [5.74, 6) is -0.0427. The van der Waals surface area contributed by atoms with Gasteiger partial charge in [0.1, 0.15) is 0 Å². The summed E-state index contributed by atoms with van der Waals surface area (Å²) in [5, 5.41) is 0.900. The van der Waals surface area contributed by atoms with Crippen molar-refractivity contribution < 1.29 is 8.42 Å². The first-order valence-corrected chi connectivity index (χ1v) is 8.17. The van der Waals surface area contributed by atoms with E-state index in [4.69, 9.17) is 0 Å². The monoisotopic (exact) mass is 298 g/mol. The Morgan fingerprint density at radius 2 is 1.76 bits per heavy atom. The van der Waals surface area contributed by atoms with Gasteiger partial charge in [-0.1, -0.05) is 36.4 Å².